The Morgan fingerprint density at radius 1 is 1.33 bits per heavy atom. The van der Waals surface area contributed by atoms with Gasteiger partial charge in [-0.2, -0.15) is 0 Å². The van der Waals surface area contributed by atoms with Crippen molar-refractivity contribution in [2.75, 3.05) is 13.7 Å². The molecule has 0 heterocycles. The molecule has 94 valence electrons. The van der Waals surface area contributed by atoms with Crippen molar-refractivity contribution in [1.82, 2.24) is 0 Å². The number of carbonyl (C=O) groups is 1. The number of hydrogen-bond donors (Lipinski definition) is 0. The Morgan fingerprint density at radius 3 is 2.33 bits per heavy atom. The van der Waals surface area contributed by atoms with Crippen LogP contribution in [0.3, 0.4) is 0 Å². The van der Waals surface area contributed by atoms with Crippen LogP contribution >= 0.6 is 0 Å². The minimum atomic E-state index is -4.41. The second kappa shape index (κ2) is 8.39. The van der Waals surface area contributed by atoms with E-state index in [-0.39, 0.29) is 69.6 Å². The average molecular weight is 343 g/mol. The largest absolute Gasteiger partial charge is 1.00 e. The molecule has 0 aromatic heterocycles. The van der Waals surface area contributed by atoms with Crippen LogP contribution in [0.25, 0.3) is 5.32 Å². The molecule has 0 atom stereocenters. The van der Waals surface area contributed by atoms with Crippen LogP contribution in [0.5, 0.6) is 0 Å². The average Bonchev–Trinajstić information content (AvgIpc) is 2.28. The number of benzene rings is 1. The number of nitrogens with zero attached hydrogens (tertiary/aromatic N) is 1. The monoisotopic (exact) mass is 342 g/mol. The third-order valence-corrected chi connectivity index (χ3v) is 2.88. The molecule has 8 heteroatoms. The SMILES string of the molecule is COC(=O)[N-]CCc1ccc(S(=O)(=O)[O-])cc1.[Rb+]. The van der Waals surface area contributed by atoms with Crippen molar-refractivity contribution < 1.29 is 80.7 Å². The number of carbonyl (C=O) groups excluding carboxylic acids is 1. The van der Waals surface area contributed by atoms with Crippen LogP contribution in [0.2, 0.25) is 0 Å². The summed E-state index contributed by atoms with van der Waals surface area (Å²) in [7, 11) is -3.17. The van der Waals surface area contributed by atoms with Crippen molar-refractivity contribution in [3.63, 3.8) is 0 Å². The van der Waals surface area contributed by atoms with E-state index in [1.54, 1.807) is 0 Å². The fraction of sp³-hybridized carbons (Fsp3) is 0.300. The molecule has 0 aliphatic carbocycles. The summed E-state index contributed by atoms with van der Waals surface area (Å²) in [5.41, 5.74) is 0.782. The Bertz CT molecular complexity index is 485. The minimum absolute atomic E-state index is 0. The molecule has 1 aromatic rings. The van der Waals surface area contributed by atoms with Crippen molar-refractivity contribution in [2.24, 2.45) is 0 Å². The Balaban J connectivity index is 0.00000289. The van der Waals surface area contributed by atoms with Crippen LogP contribution in [-0.2, 0) is 21.3 Å². The molecule has 0 unspecified atom stereocenters. The summed E-state index contributed by atoms with van der Waals surface area (Å²) >= 11 is 0. The molecule has 0 radical (unpaired) electrons. The molecule has 1 rings (SSSR count). The van der Waals surface area contributed by atoms with Crippen LogP contribution in [0.4, 0.5) is 4.79 Å². The molecule has 0 saturated carbocycles. The first-order valence-corrected chi connectivity index (χ1v) is 6.14. The zero-order chi connectivity index (χ0) is 12.9. The van der Waals surface area contributed by atoms with Gasteiger partial charge in [0.15, 0.2) is 0 Å². The van der Waals surface area contributed by atoms with Gasteiger partial charge in [0.05, 0.1) is 12.0 Å². The Kier molecular flexibility index (Phi) is 8.49. The maximum absolute atomic E-state index is 10.7. The van der Waals surface area contributed by atoms with Gasteiger partial charge >= 0.3 is 58.2 Å². The van der Waals surface area contributed by atoms with Gasteiger partial charge < -0.3 is 14.6 Å². The first kappa shape index (κ1) is 18.2. The van der Waals surface area contributed by atoms with E-state index < -0.39 is 16.2 Å². The third-order valence-electron chi connectivity index (χ3n) is 2.03. The summed E-state index contributed by atoms with van der Waals surface area (Å²) in [6.45, 7) is 0.246. The number of methoxy groups -OCH3 is 1. The molecule has 0 aliphatic heterocycles. The molecule has 1 aromatic carbocycles. The molecule has 0 saturated heterocycles. The summed E-state index contributed by atoms with van der Waals surface area (Å²) in [4.78, 5) is 10.4. The summed E-state index contributed by atoms with van der Waals surface area (Å²) in [6.07, 6.45) is -0.183. The van der Waals surface area contributed by atoms with Crippen LogP contribution in [0.15, 0.2) is 29.2 Å². The van der Waals surface area contributed by atoms with Gasteiger partial charge in [-0.05, 0) is 24.1 Å². The van der Waals surface area contributed by atoms with Crippen molar-refractivity contribution >= 4 is 16.2 Å². The van der Waals surface area contributed by atoms with Crippen LogP contribution < -0.4 is 58.2 Å². The predicted molar refractivity (Wildman–Crippen MR) is 58.7 cm³/mol. The van der Waals surface area contributed by atoms with Gasteiger partial charge in [-0.15, -0.1) is 6.54 Å². The maximum atomic E-state index is 10.7. The molecule has 0 aliphatic rings. The first-order valence-electron chi connectivity index (χ1n) is 4.74. The van der Waals surface area contributed by atoms with Crippen LogP contribution in [0.1, 0.15) is 5.56 Å². The van der Waals surface area contributed by atoms with E-state index in [9.17, 15) is 17.8 Å². The van der Waals surface area contributed by atoms with Gasteiger partial charge in [0.1, 0.15) is 10.1 Å². The van der Waals surface area contributed by atoms with Crippen molar-refractivity contribution in [2.45, 2.75) is 11.3 Å². The molecule has 0 bridgehead atoms. The van der Waals surface area contributed by atoms with E-state index in [2.05, 4.69) is 10.1 Å². The van der Waals surface area contributed by atoms with E-state index >= 15 is 0 Å². The van der Waals surface area contributed by atoms with Gasteiger partial charge in [0, 0.05) is 0 Å². The number of ether oxygens (including phenoxy) is 1. The topological polar surface area (TPSA) is 97.6 Å². The molecule has 6 nitrogen and oxygen atoms in total. The van der Waals surface area contributed by atoms with Gasteiger partial charge in [-0.25, -0.2) is 8.42 Å². The van der Waals surface area contributed by atoms with Gasteiger partial charge in [-0.1, -0.05) is 12.1 Å². The third kappa shape index (κ3) is 6.39. The Morgan fingerprint density at radius 2 is 1.89 bits per heavy atom. The molecule has 1 amide bonds. The molecule has 18 heavy (non-hydrogen) atoms. The fourth-order valence-corrected chi connectivity index (χ4v) is 1.63. The van der Waals surface area contributed by atoms with E-state index in [0.717, 1.165) is 5.56 Å². The van der Waals surface area contributed by atoms with Crippen molar-refractivity contribution in [3.05, 3.63) is 35.1 Å². The summed E-state index contributed by atoms with van der Waals surface area (Å²) in [5.74, 6) is 0. The number of amides is 1. The standard InChI is InChI=1S/C10H13NO5S.Rb/c1-16-10(12)11-7-6-8-2-4-9(5-3-8)17(13,14)15;/h2-5H,6-7H2,1H3,(H2,11,12,13,14,15);/q;+1/p-2. The van der Waals surface area contributed by atoms with E-state index in [1.165, 1.54) is 31.4 Å². The van der Waals surface area contributed by atoms with Crippen LogP contribution in [0, 0.1) is 0 Å². The van der Waals surface area contributed by atoms with Crippen molar-refractivity contribution in [1.29, 1.82) is 0 Å². The zero-order valence-electron chi connectivity index (χ0n) is 10.1. The molecular weight excluding hydrogens is 332 g/mol. The quantitative estimate of drug-likeness (QED) is 0.606. The molecule has 0 spiro atoms. The summed E-state index contributed by atoms with van der Waals surface area (Å²) in [6, 6.07) is 5.49. The van der Waals surface area contributed by atoms with Gasteiger partial charge in [0.2, 0.25) is 6.09 Å². The minimum Gasteiger partial charge on any atom is -0.744 e. The van der Waals surface area contributed by atoms with Gasteiger partial charge in [-0.3, -0.25) is 4.79 Å². The molecular formula is C10H11NO5RbS-. The predicted octanol–water partition coefficient (Wildman–Crippen LogP) is -1.72. The second-order valence-electron chi connectivity index (χ2n) is 3.20. The number of rotatable bonds is 4. The van der Waals surface area contributed by atoms with E-state index in [4.69, 9.17) is 0 Å². The summed E-state index contributed by atoms with van der Waals surface area (Å²) < 4.78 is 36.3. The Labute approximate surface area is 155 Å². The van der Waals surface area contributed by atoms with Crippen LogP contribution in [-0.4, -0.2) is 32.7 Å². The maximum Gasteiger partial charge on any atom is 1.00 e. The first-order chi connectivity index (χ1) is 7.93. The summed E-state index contributed by atoms with van der Waals surface area (Å²) in [5, 5.41) is 3.57. The number of hydrogen-bond acceptors (Lipinski definition) is 5. The smallest absolute Gasteiger partial charge is 0.744 e. The normalized spacial score (nSPS) is 10.3. The molecule has 0 N–H and O–H groups in total. The zero-order valence-corrected chi connectivity index (χ0v) is 15.9. The fourth-order valence-electron chi connectivity index (χ4n) is 1.16. The molecule has 0 fully saturated rings. The second-order valence-corrected chi connectivity index (χ2v) is 4.58. The van der Waals surface area contributed by atoms with E-state index in [0.29, 0.717) is 6.42 Å². The van der Waals surface area contributed by atoms with Crippen molar-refractivity contribution in [3.8, 4) is 0 Å². The Hall–Kier alpha value is 0.205. The van der Waals surface area contributed by atoms with E-state index in [1.807, 2.05) is 0 Å². The van der Waals surface area contributed by atoms with Gasteiger partial charge in [0.25, 0.3) is 0 Å².